The monoisotopic (exact) mass is 417 g/mol. The van der Waals surface area contributed by atoms with E-state index in [4.69, 9.17) is 0 Å². The standard InChI is InChI=1S/C22H23N7O2/c30-21(25-18-11-9-17(10-12-18)14-28-16-23-15-24-28)8-2-1-5-13-29-22(31)19-6-3-4-7-20(19)26-27-29/h3-4,6-7,9-12,15-16H,1-2,5,8,13-14H2,(H,25,30). The minimum absolute atomic E-state index is 0.0216. The van der Waals surface area contributed by atoms with Crippen LogP contribution >= 0.6 is 0 Å². The first kappa shape index (κ1) is 20.4. The van der Waals surface area contributed by atoms with E-state index in [0.29, 0.717) is 30.4 Å². The van der Waals surface area contributed by atoms with Gasteiger partial charge in [-0.25, -0.2) is 14.3 Å². The number of fused-ring (bicyclic) bond motifs is 1. The van der Waals surface area contributed by atoms with Crippen LogP contribution in [0.15, 0.2) is 66.0 Å². The minimum atomic E-state index is -0.129. The summed E-state index contributed by atoms with van der Waals surface area (Å²) < 4.78 is 3.13. The van der Waals surface area contributed by atoms with Gasteiger partial charge in [-0.15, -0.1) is 5.10 Å². The summed E-state index contributed by atoms with van der Waals surface area (Å²) in [6, 6.07) is 14.9. The van der Waals surface area contributed by atoms with E-state index in [1.54, 1.807) is 23.1 Å². The van der Waals surface area contributed by atoms with Gasteiger partial charge in [0, 0.05) is 18.7 Å². The topological polar surface area (TPSA) is 108 Å². The van der Waals surface area contributed by atoms with Crippen LogP contribution in [-0.4, -0.2) is 35.7 Å². The molecule has 0 bridgehead atoms. The quantitative estimate of drug-likeness (QED) is 0.420. The zero-order valence-corrected chi connectivity index (χ0v) is 17.0. The van der Waals surface area contributed by atoms with Gasteiger partial charge in [0.15, 0.2) is 0 Å². The van der Waals surface area contributed by atoms with Crippen molar-refractivity contribution in [3.05, 3.63) is 77.1 Å². The van der Waals surface area contributed by atoms with Gasteiger partial charge >= 0.3 is 0 Å². The predicted octanol–water partition coefficient (Wildman–Crippen LogP) is 2.63. The molecule has 4 rings (SSSR count). The third-order valence-corrected chi connectivity index (χ3v) is 4.95. The first-order valence-corrected chi connectivity index (χ1v) is 10.2. The lowest BCUT2D eigenvalue weighted by molar-refractivity contribution is -0.116. The number of carbonyl (C=O) groups excluding carboxylic acids is 1. The van der Waals surface area contributed by atoms with E-state index >= 15 is 0 Å². The van der Waals surface area contributed by atoms with Gasteiger partial charge in [0.05, 0.1) is 11.9 Å². The van der Waals surface area contributed by atoms with Crippen molar-refractivity contribution in [3.8, 4) is 0 Å². The summed E-state index contributed by atoms with van der Waals surface area (Å²) in [5, 5.41) is 15.6. The van der Waals surface area contributed by atoms with Crippen molar-refractivity contribution in [2.24, 2.45) is 0 Å². The molecule has 158 valence electrons. The van der Waals surface area contributed by atoms with Crippen molar-refractivity contribution in [3.63, 3.8) is 0 Å². The molecule has 0 spiro atoms. The molecule has 9 nitrogen and oxygen atoms in total. The molecule has 0 saturated heterocycles. The van der Waals surface area contributed by atoms with Crippen molar-refractivity contribution >= 4 is 22.5 Å². The van der Waals surface area contributed by atoms with E-state index in [9.17, 15) is 9.59 Å². The fourth-order valence-corrected chi connectivity index (χ4v) is 3.31. The molecule has 2 aromatic carbocycles. The summed E-state index contributed by atoms with van der Waals surface area (Å²) in [6.07, 6.45) is 5.92. The SMILES string of the molecule is O=C(CCCCCn1nnc2ccccc2c1=O)Nc1ccc(Cn2cncn2)cc1. The highest BCUT2D eigenvalue weighted by Gasteiger charge is 2.06. The Balaban J connectivity index is 1.18. The molecule has 9 heteroatoms. The number of nitrogens with zero attached hydrogens (tertiary/aromatic N) is 6. The van der Waals surface area contributed by atoms with Crippen LogP contribution in [0.3, 0.4) is 0 Å². The van der Waals surface area contributed by atoms with Crippen LogP contribution in [0.25, 0.3) is 10.9 Å². The maximum atomic E-state index is 12.4. The van der Waals surface area contributed by atoms with Crippen molar-refractivity contribution in [1.82, 2.24) is 29.8 Å². The van der Waals surface area contributed by atoms with Crippen LogP contribution in [0.2, 0.25) is 0 Å². The van der Waals surface area contributed by atoms with E-state index in [1.807, 2.05) is 36.4 Å². The van der Waals surface area contributed by atoms with Gasteiger partial charge in [-0.3, -0.25) is 9.59 Å². The number of aromatic nitrogens is 6. The zero-order valence-electron chi connectivity index (χ0n) is 17.0. The number of hydrogen-bond acceptors (Lipinski definition) is 6. The molecule has 0 fully saturated rings. The fourth-order valence-electron chi connectivity index (χ4n) is 3.31. The number of nitrogens with one attached hydrogen (secondary N) is 1. The molecule has 0 aliphatic carbocycles. The summed E-state index contributed by atoms with van der Waals surface area (Å²) in [7, 11) is 0. The molecule has 0 radical (unpaired) electrons. The number of hydrogen-bond donors (Lipinski definition) is 1. The molecule has 0 aliphatic heterocycles. The predicted molar refractivity (Wildman–Crippen MR) is 116 cm³/mol. The Morgan fingerprint density at radius 2 is 1.84 bits per heavy atom. The maximum Gasteiger partial charge on any atom is 0.277 e. The average Bonchev–Trinajstić information content (AvgIpc) is 3.29. The van der Waals surface area contributed by atoms with Crippen molar-refractivity contribution in [2.75, 3.05) is 5.32 Å². The Labute approximate surface area is 178 Å². The Morgan fingerprint density at radius 1 is 1.00 bits per heavy atom. The van der Waals surface area contributed by atoms with Crippen molar-refractivity contribution in [1.29, 1.82) is 0 Å². The number of rotatable bonds is 9. The lowest BCUT2D eigenvalue weighted by atomic mass is 10.1. The third-order valence-electron chi connectivity index (χ3n) is 4.95. The van der Waals surface area contributed by atoms with E-state index < -0.39 is 0 Å². The molecule has 31 heavy (non-hydrogen) atoms. The second kappa shape index (κ2) is 9.75. The average molecular weight is 417 g/mol. The summed E-state index contributed by atoms with van der Waals surface area (Å²) in [4.78, 5) is 28.5. The molecule has 0 atom stereocenters. The van der Waals surface area contributed by atoms with Gasteiger partial charge in [0.2, 0.25) is 5.91 Å². The summed E-state index contributed by atoms with van der Waals surface area (Å²) in [6.45, 7) is 1.13. The third kappa shape index (κ3) is 5.39. The molecular weight excluding hydrogens is 394 g/mol. The van der Waals surface area contributed by atoms with Crippen LogP contribution in [-0.2, 0) is 17.9 Å². The number of aryl methyl sites for hydroxylation is 1. The van der Waals surface area contributed by atoms with Crippen molar-refractivity contribution in [2.45, 2.75) is 38.8 Å². The van der Waals surface area contributed by atoms with Crippen LogP contribution in [0.4, 0.5) is 5.69 Å². The number of benzene rings is 2. The molecule has 4 aromatic rings. The highest BCUT2D eigenvalue weighted by molar-refractivity contribution is 5.90. The summed E-state index contributed by atoms with van der Waals surface area (Å²) in [5.41, 5.74) is 2.32. The van der Waals surface area contributed by atoms with Gasteiger partial charge in [-0.2, -0.15) is 5.10 Å². The summed E-state index contributed by atoms with van der Waals surface area (Å²) in [5.74, 6) is -0.0216. The molecule has 0 saturated carbocycles. The molecule has 0 unspecified atom stereocenters. The lowest BCUT2D eigenvalue weighted by Gasteiger charge is -2.07. The second-order valence-corrected chi connectivity index (χ2v) is 7.28. The summed E-state index contributed by atoms with van der Waals surface area (Å²) >= 11 is 0. The Kier molecular flexibility index (Phi) is 6.41. The molecule has 1 N–H and O–H groups in total. The lowest BCUT2D eigenvalue weighted by Crippen LogP contribution is -2.24. The Bertz CT molecular complexity index is 1200. The largest absolute Gasteiger partial charge is 0.326 e. The molecule has 0 aliphatic rings. The van der Waals surface area contributed by atoms with Crippen LogP contribution in [0.5, 0.6) is 0 Å². The smallest absolute Gasteiger partial charge is 0.277 e. The van der Waals surface area contributed by atoms with Crippen molar-refractivity contribution < 1.29 is 4.79 Å². The first-order chi connectivity index (χ1) is 15.2. The maximum absolute atomic E-state index is 12.4. The normalized spacial score (nSPS) is 11.0. The van der Waals surface area contributed by atoms with Gasteiger partial charge in [-0.1, -0.05) is 35.9 Å². The van der Waals surface area contributed by atoms with Crippen LogP contribution < -0.4 is 10.9 Å². The molecule has 2 aromatic heterocycles. The van der Waals surface area contributed by atoms with Gasteiger partial charge < -0.3 is 5.32 Å². The Hall–Kier alpha value is -3.88. The van der Waals surface area contributed by atoms with E-state index in [1.165, 1.54) is 11.0 Å². The Morgan fingerprint density at radius 3 is 2.65 bits per heavy atom. The molecule has 2 heterocycles. The number of anilines is 1. The highest BCUT2D eigenvalue weighted by atomic mass is 16.1. The number of amides is 1. The first-order valence-electron chi connectivity index (χ1n) is 10.2. The highest BCUT2D eigenvalue weighted by Crippen LogP contribution is 2.12. The van der Waals surface area contributed by atoms with E-state index in [-0.39, 0.29) is 11.5 Å². The van der Waals surface area contributed by atoms with Gasteiger partial charge in [0.1, 0.15) is 18.2 Å². The van der Waals surface area contributed by atoms with Crippen LogP contribution in [0.1, 0.15) is 31.2 Å². The minimum Gasteiger partial charge on any atom is -0.326 e. The van der Waals surface area contributed by atoms with E-state index in [0.717, 1.165) is 30.5 Å². The zero-order chi connectivity index (χ0) is 21.5. The molecular formula is C22H23N7O2. The van der Waals surface area contributed by atoms with Gasteiger partial charge in [0.25, 0.3) is 5.56 Å². The van der Waals surface area contributed by atoms with E-state index in [2.05, 4.69) is 25.7 Å². The number of carbonyl (C=O) groups is 1. The van der Waals surface area contributed by atoms with Crippen LogP contribution in [0, 0.1) is 0 Å². The molecule has 1 amide bonds. The second-order valence-electron chi connectivity index (χ2n) is 7.28. The van der Waals surface area contributed by atoms with Gasteiger partial charge in [-0.05, 0) is 42.7 Å². The fraction of sp³-hybridized carbons (Fsp3) is 0.273. The number of unbranched alkanes of at least 4 members (excludes halogenated alkanes) is 2.